The van der Waals surface area contributed by atoms with E-state index in [0.29, 0.717) is 0 Å². The van der Waals surface area contributed by atoms with Gasteiger partial charge >= 0.3 is 0 Å². The van der Waals surface area contributed by atoms with Gasteiger partial charge < -0.3 is 0 Å². The highest BCUT2D eigenvalue weighted by molar-refractivity contribution is 5.35. The summed E-state index contributed by atoms with van der Waals surface area (Å²) in [7, 11) is 0. The average Bonchev–Trinajstić information content (AvgIpc) is 2.45. The highest BCUT2D eigenvalue weighted by Gasteiger charge is 2.01. The molecule has 2 aromatic carbocycles. The fraction of sp³-hybridized carbons (Fsp3) is 0.176. The first-order valence-corrected chi connectivity index (χ1v) is 6.27. The summed E-state index contributed by atoms with van der Waals surface area (Å²) in [5.41, 5.74) is 5.60. The molecule has 0 bridgehead atoms. The summed E-state index contributed by atoms with van der Waals surface area (Å²) in [5, 5.41) is 10.8. The second-order valence-corrected chi connectivity index (χ2v) is 4.23. The van der Waals surface area contributed by atoms with Crippen molar-refractivity contribution < 1.29 is 9.59 Å². The van der Waals surface area contributed by atoms with Gasteiger partial charge in [-0.25, -0.2) is 20.4 Å². The van der Waals surface area contributed by atoms with Gasteiger partial charge in [-0.2, -0.15) is 0 Å². The zero-order valence-corrected chi connectivity index (χ0v) is 12.1. The summed E-state index contributed by atoms with van der Waals surface area (Å²) in [6.45, 7) is 4.35. The molecule has 2 aromatic rings. The molecule has 0 spiro atoms. The Kier molecular flexibility index (Phi) is 9.59. The van der Waals surface area contributed by atoms with Crippen LogP contribution in [0.4, 0.5) is 0 Å². The molecular weight excluding hydrogens is 264 g/mol. The smallest absolute Gasteiger partial charge is 0.222 e. The normalized spacial score (nSPS) is 8.10. The van der Waals surface area contributed by atoms with Gasteiger partial charge in [0.1, 0.15) is 0 Å². The largest absolute Gasteiger partial charge is 0.231 e. The van der Waals surface area contributed by atoms with Crippen LogP contribution in [0.5, 0.6) is 0 Å². The number of rotatable bonds is 2. The van der Waals surface area contributed by atoms with Gasteiger partial charge in [0.2, 0.25) is 12.2 Å². The first-order chi connectivity index (χ1) is 10.1. The van der Waals surface area contributed by atoms with Crippen LogP contribution in [0.25, 0.3) is 0 Å². The van der Waals surface area contributed by atoms with Crippen LogP contribution in [0.2, 0.25) is 0 Å². The Morgan fingerprint density at radius 1 is 0.762 bits per heavy atom. The molecule has 0 aliphatic carbocycles. The molecular formula is C17H18N2O2. The van der Waals surface area contributed by atoms with Crippen molar-refractivity contribution >= 4 is 12.2 Å². The van der Waals surface area contributed by atoms with E-state index in [9.17, 15) is 0 Å². The SMILES string of the molecule is Cc1ccccc1Cc1ccccc1C.N=C=O.N=C=O. The predicted octanol–water partition coefficient (Wildman–Crippen LogP) is 3.70. The fourth-order valence-electron chi connectivity index (χ4n) is 1.82. The molecule has 0 amide bonds. The first kappa shape index (κ1) is 18.2. The predicted molar refractivity (Wildman–Crippen MR) is 82.0 cm³/mol. The number of nitrogens with one attached hydrogen (secondary N) is 2. The molecule has 0 aromatic heterocycles. The van der Waals surface area contributed by atoms with Crippen LogP contribution in [-0.2, 0) is 16.0 Å². The third-order valence-corrected chi connectivity index (χ3v) is 2.90. The molecule has 0 unspecified atom stereocenters. The van der Waals surface area contributed by atoms with Crippen molar-refractivity contribution in [1.29, 1.82) is 10.8 Å². The van der Waals surface area contributed by atoms with Gasteiger partial charge in [0, 0.05) is 0 Å². The summed E-state index contributed by atoms with van der Waals surface area (Å²) >= 11 is 0. The van der Waals surface area contributed by atoms with Gasteiger partial charge in [0.15, 0.2) is 0 Å². The molecule has 0 aliphatic rings. The van der Waals surface area contributed by atoms with Gasteiger partial charge in [0.05, 0.1) is 0 Å². The lowest BCUT2D eigenvalue weighted by Gasteiger charge is -2.07. The average molecular weight is 282 g/mol. The van der Waals surface area contributed by atoms with E-state index in [1.807, 2.05) is 0 Å². The van der Waals surface area contributed by atoms with Gasteiger partial charge in [-0.1, -0.05) is 48.5 Å². The highest BCUT2D eigenvalue weighted by Crippen LogP contribution is 2.16. The van der Waals surface area contributed by atoms with E-state index in [2.05, 4.69) is 62.4 Å². The number of benzene rings is 2. The molecule has 4 heteroatoms. The van der Waals surface area contributed by atoms with E-state index in [0.717, 1.165) is 18.6 Å². The second kappa shape index (κ2) is 11.1. The van der Waals surface area contributed by atoms with Gasteiger partial charge in [-0.3, -0.25) is 0 Å². The molecule has 0 saturated heterocycles. The van der Waals surface area contributed by atoms with Gasteiger partial charge in [-0.05, 0) is 42.5 Å². The molecule has 0 fully saturated rings. The number of carbonyl (C=O) groups excluding carboxylic acids is 2. The Morgan fingerprint density at radius 3 is 1.33 bits per heavy atom. The molecule has 0 aliphatic heterocycles. The summed E-state index contributed by atoms with van der Waals surface area (Å²) in [6.07, 6.45) is 2.54. The van der Waals surface area contributed by atoms with Gasteiger partial charge in [0.25, 0.3) is 0 Å². The topological polar surface area (TPSA) is 81.8 Å². The Balaban J connectivity index is 0.000000578. The Morgan fingerprint density at radius 2 is 1.05 bits per heavy atom. The monoisotopic (exact) mass is 282 g/mol. The van der Waals surface area contributed by atoms with Crippen LogP contribution in [0.15, 0.2) is 48.5 Å². The molecule has 0 heterocycles. The maximum Gasteiger partial charge on any atom is 0.231 e. The van der Waals surface area contributed by atoms with E-state index >= 15 is 0 Å². The van der Waals surface area contributed by atoms with E-state index in [1.165, 1.54) is 22.3 Å². The molecule has 0 saturated carbocycles. The van der Waals surface area contributed by atoms with E-state index in [-0.39, 0.29) is 0 Å². The van der Waals surface area contributed by atoms with Crippen LogP contribution in [0.3, 0.4) is 0 Å². The lowest BCUT2D eigenvalue weighted by Crippen LogP contribution is -1.93. The van der Waals surface area contributed by atoms with Crippen molar-refractivity contribution in [2.24, 2.45) is 0 Å². The maximum atomic E-state index is 8.35. The van der Waals surface area contributed by atoms with E-state index in [4.69, 9.17) is 20.4 Å². The van der Waals surface area contributed by atoms with Crippen molar-refractivity contribution in [2.75, 3.05) is 0 Å². The Bertz CT molecular complexity index is 569. The van der Waals surface area contributed by atoms with Crippen LogP contribution in [0.1, 0.15) is 22.3 Å². The van der Waals surface area contributed by atoms with Crippen LogP contribution >= 0.6 is 0 Å². The molecule has 2 N–H and O–H groups in total. The first-order valence-electron chi connectivity index (χ1n) is 6.27. The lowest BCUT2D eigenvalue weighted by molar-refractivity contribution is 0.562. The van der Waals surface area contributed by atoms with Crippen molar-refractivity contribution in [3.8, 4) is 0 Å². The number of aryl methyl sites for hydroxylation is 2. The zero-order valence-electron chi connectivity index (χ0n) is 12.1. The molecule has 4 nitrogen and oxygen atoms in total. The molecule has 0 radical (unpaired) electrons. The number of hydrogen-bond acceptors (Lipinski definition) is 4. The number of hydrogen-bond donors (Lipinski definition) is 2. The summed E-state index contributed by atoms with van der Waals surface area (Å²) in [6, 6.07) is 17.2. The van der Waals surface area contributed by atoms with Crippen molar-refractivity contribution in [2.45, 2.75) is 20.3 Å². The zero-order chi connectivity index (χ0) is 16.1. The molecule has 108 valence electrons. The second-order valence-electron chi connectivity index (χ2n) is 4.23. The molecule has 2 rings (SSSR count). The fourth-order valence-corrected chi connectivity index (χ4v) is 1.82. The quantitative estimate of drug-likeness (QED) is 0.650. The van der Waals surface area contributed by atoms with Gasteiger partial charge in [-0.15, -0.1) is 0 Å². The van der Waals surface area contributed by atoms with E-state index < -0.39 is 0 Å². The molecule has 21 heavy (non-hydrogen) atoms. The Labute approximate surface area is 124 Å². The summed E-state index contributed by atoms with van der Waals surface area (Å²) < 4.78 is 0. The minimum Gasteiger partial charge on any atom is -0.222 e. The van der Waals surface area contributed by atoms with Crippen LogP contribution in [-0.4, -0.2) is 12.2 Å². The standard InChI is InChI=1S/C15H16.2CHNO/c1-12-7-3-5-9-14(12)11-15-10-6-4-8-13(15)2;2*2-1-3/h3-10H,11H2,1-2H3;2*2H. The van der Waals surface area contributed by atoms with E-state index in [1.54, 1.807) is 0 Å². The third kappa shape index (κ3) is 7.38. The summed E-state index contributed by atoms with van der Waals surface area (Å²) in [5.74, 6) is 0. The molecule has 0 atom stereocenters. The highest BCUT2D eigenvalue weighted by atomic mass is 16.1. The van der Waals surface area contributed by atoms with Crippen LogP contribution in [0, 0.1) is 24.7 Å². The van der Waals surface area contributed by atoms with Crippen molar-refractivity contribution in [3.63, 3.8) is 0 Å². The third-order valence-electron chi connectivity index (χ3n) is 2.90. The maximum absolute atomic E-state index is 8.35. The lowest BCUT2D eigenvalue weighted by atomic mass is 9.98. The van der Waals surface area contributed by atoms with Crippen molar-refractivity contribution in [3.05, 3.63) is 70.8 Å². The summed E-state index contributed by atoms with van der Waals surface area (Å²) in [4.78, 5) is 16.7. The minimum absolute atomic E-state index is 0.750. The minimum atomic E-state index is 0.750. The number of isocyanates is 2. The van der Waals surface area contributed by atoms with Crippen LogP contribution < -0.4 is 0 Å². The Hall–Kier alpha value is -2.80. The van der Waals surface area contributed by atoms with Crippen molar-refractivity contribution in [1.82, 2.24) is 0 Å².